The first-order valence-corrected chi connectivity index (χ1v) is 11.6. The topological polar surface area (TPSA) is 93.3 Å². The predicted octanol–water partition coefficient (Wildman–Crippen LogP) is 1.85. The van der Waals surface area contributed by atoms with Gasteiger partial charge in [0, 0.05) is 49.5 Å². The number of amides is 1. The van der Waals surface area contributed by atoms with E-state index in [0.29, 0.717) is 30.5 Å². The number of fused-ring (bicyclic) bond motifs is 1. The Labute approximate surface area is 196 Å². The number of piperazine rings is 1. The van der Waals surface area contributed by atoms with E-state index in [0.717, 1.165) is 36.2 Å². The Kier molecular flexibility index (Phi) is 6.90. The van der Waals surface area contributed by atoms with E-state index >= 15 is 0 Å². The fourth-order valence-electron chi connectivity index (χ4n) is 4.13. The number of hydrogen-bond acceptors (Lipinski definition) is 6. The molecule has 0 spiro atoms. The number of benzene rings is 1. The second-order valence-electron chi connectivity index (χ2n) is 8.08. The molecule has 33 heavy (non-hydrogen) atoms. The highest BCUT2D eigenvalue weighted by Crippen LogP contribution is 2.19. The maximum absolute atomic E-state index is 13.2. The Morgan fingerprint density at radius 1 is 1.03 bits per heavy atom. The van der Waals surface area contributed by atoms with E-state index in [1.165, 1.54) is 10.8 Å². The quantitative estimate of drug-likeness (QED) is 0.545. The van der Waals surface area contributed by atoms with Gasteiger partial charge >= 0.3 is 5.69 Å². The third-order valence-electron chi connectivity index (χ3n) is 5.94. The molecular formula is C23H27ClN6O3. The summed E-state index contributed by atoms with van der Waals surface area (Å²) in [6.45, 7) is 7.73. The maximum atomic E-state index is 13.2. The average molecular weight is 471 g/mol. The van der Waals surface area contributed by atoms with Gasteiger partial charge in [0.1, 0.15) is 11.9 Å². The van der Waals surface area contributed by atoms with Crippen LogP contribution >= 0.6 is 11.6 Å². The molecular weight excluding hydrogens is 444 g/mol. The summed E-state index contributed by atoms with van der Waals surface area (Å²) in [5, 5.41) is 0.791. The van der Waals surface area contributed by atoms with Crippen LogP contribution in [0, 0.1) is 0 Å². The van der Waals surface area contributed by atoms with Crippen molar-refractivity contribution in [3.63, 3.8) is 0 Å². The van der Waals surface area contributed by atoms with Crippen LogP contribution in [0.25, 0.3) is 22.4 Å². The first-order chi connectivity index (χ1) is 15.9. The lowest BCUT2D eigenvalue weighted by Gasteiger charge is -2.34. The summed E-state index contributed by atoms with van der Waals surface area (Å²) in [6.07, 6.45) is 2.49. The molecule has 1 aliphatic rings. The number of halogens is 1. The van der Waals surface area contributed by atoms with Crippen molar-refractivity contribution >= 4 is 28.5 Å². The van der Waals surface area contributed by atoms with E-state index in [-0.39, 0.29) is 23.5 Å². The highest BCUT2D eigenvalue weighted by molar-refractivity contribution is 6.30. The lowest BCUT2D eigenvalue weighted by molar-refractivity contribution is -0.133. The van der Waals surface area contributed by atoms with E-state index in [9.17, 15) is 14.4 Å². The zero-order valence-corrected chi connectivity index (χ0v) is 19.6. The van der Waals surface area contributed by atoms with Gasteiger partial charge in [0.2, 0.25) is 5.91 Å². The Bertz CT molecular complexity index is 1280. The normalized spacial score (nSPS) is 14.7. The molecule has 3 aromatic rings. The van der Waals surface area contributed by atoms with E-state index < -0.39 is 11.2 Å². The molecule has 1 fully saturated rings. The van der Waals surface area contributed by atoms with Gasteiger partial charge in [-0.05, 0) is 44.2 Å². The fourth-order valence-corrected chi connectivity index (χ4v) is 4.26. The van der Waals surface area contributed by atoms with Gasteiger partial charge in [-0.15, -0.1) is 0 Å². The molecule has 1 aliphatic heterocycles. The molecule has 0 bridgehead atoms. The first kappa shape index (κ1) is 23.1. The van der Waals surface area contributed by atoms with E-state index in [4.69, 9.17) is 11.6 Å². The van der Waals surface area contributed by atoms with Crippen molar-refractivity contribution in [2.75, 3.05) is 32.7 Å². The third kappa shape index (κ3) is 4.69. The van der Waals surface area contributed by atoms with Crippen molar-refractivity contribution in [1.29, 1.82) is 0 Å². The molecule has 174 valence electrons. The highest BCUT2D eigenvalue weighted by Gasteiger charge is 2.23. The second kappa shape index (κ2) is 9.84. The van der Waals surface area contributed by atoms with E-state index in [1.54, 1.807) is 36.1 Å². The molecule has 1 aromatic carbocycles. The lowest BCUT2D eigenvalue weighted by Crippen LogP contribution is -2.51. The Balaban J connectivity index is 1.66. The largest absolute Gasteiger partial charge is 0.339 e. The van der Waals surface area contributed by atoms with Crippen molar-refractivity contribution in [1.82, 2.24) is 28.9 Å². The summed E-state index contributed by atoms with van der Waals surface area (Å²) in [5.41, 5.74) is -0.128. The van der Waals surface area contributed by atoms with E-state index in [1.807, 2.05) is 0 Å². The van der Waals surface area contributed by atoms with Crippen LogP contribution in [0.1, 0.15) is 20.3 Å². The molecule has 0 saturated carbocycles. The smallest absolute Gasteiger partial charge is 0.333 e. The summed E-state index contributed by atoms with van der Waals surface area (Å²) in [6, 6.07) is 7.00. The summed E-state index contributed by atoms with van der Waals surface area (Å²) in [5.74, 6) is 0.157. The number of hydrogen-bond donors (Lipinski definition) is 0. The minimum Gasteiger partial charge on any atom is -0.339 e. The number of aromatic nitrogens is 4. The average Bonchev–Trinajstić information content (AvgIpc) is 2.83. The molecule has 0 atom stereocenters. The molecule has 1 saturated heterocycles. The van der Waals surface area contributed by atoms with Gasteiger partial charge in [0.25, 0.3) is 5.56 Å². The van der Waals surface area contributed by atoms with Crippen molar-refractivity contribution in [2.24, 2.45) is 0 Å². The molecule has 10 heteroatoms. The van der Waals surface area contributed by atoms with Gasteiger partial charge in [0.05, 0.1) is 0 Å². The predicted molar refractivity (Wildman–Crippen MR) is 127 cm³/mol. The monoisotopic (exact) mass is 470 g/mol. The summed E-state index contributed by atoms with van der Waals surface area (Å²) < 4.78 is 2.40. The standard InChI is InChI=1S/C23H27ClN6O3/c1-3-9-27-10-12-28(13-11-27)19(31)15-30-22(32)18-14-25-20(16-5-7-17(24)8-6-16)26-21(18)29(4-2)23(30)33/h5-8,14H,3-4,9-13,15H2,1-2H3. The van der Waals surface area contributed by atoms with Crippen molar-refractivity contribution in [2.45, 2.75) is 33.4 Å². The number of aryl methyl sites for hydroxylation is 1. The summed E-state index contributed by atoms with van der Waals surface area (Å²) in [7, 11) is 0. The van der Waals surface area contributed by atoms with Gasteiger partial charge in [-0.25, -0.2) is 14.8 Å². The Morgan fingerprint density at radius 2 is 1.73 bits per heavy atom. The molecule has 4 rings (SSSR count). The van der Waals surface area contributed by atoms with Crippen LogP contribution in [0.5, 0.6) is 0 Å². The zero-order chi connectivity index (χ0) is 23.5. The molecule has 9 nitrogen and oxygen atoms in total. The summed E-state index contributed by atoms with van der Waals surface area (Å²) >= 11 is 5.96. The highest BCUT2D eigenvalue weighted by atomic mass is 35.5. The maximum Gasteiger partial charge on any atom is 0.333 e. The first-order valence-electron chi connectivity index (χ1n) is 11.2. The van der Waals surface area contributed by atoms with Gasteiger partial charge in [-0.1, -0.05) is 18.5 Å². The van der Waals surface area contributed by atoms with Crippen LogP contribution in [-0.2, 0) is 17.9 Å². The summed E-state index contributed by atoms with van der Waals surface area (Å²) in [4.78, 5) is 52.0. The van der Waals surface area contributed by atoms with Crippen molar-refractivity contribution in [3.8, 4) is 11.4 Å². The second-order valence-corrected chi connectivity index (χ2v) is 8.51. The number of carbonyl (C=O) groups is 1. The van der Waals surface area contributed by atoms with Gasteiger partial charge in [-0.2, -0.15) is 0 Å². The van der Waals surface area contributed by atoms with Crippen molar-refractivity contribution < 1.29 is 4.79 Å². The SMILES string of the molecule is CCCN1CCN(C(=O)Cn2c(=O)c3cnc(-c4ccc(Cl)cc4)nc3n(CC)c2=O)CC1. The lowest BCUT2D eigenvalue weighted by atomic mass is 10.2. The van der Waals surface area contributed by atoms with Crippen LogP contribution < -0.4 is 11.2 Å². The number of nitrogens with zero attached hydrogens (tertiary/aromatic N) is 6. The molecule has 2 aromatic heterocycles. The van der Waals surface area contributed by atoms with Gasteiger partial charge in [-0.3, -0.25) is 23.6 Å². The van der Waals surface area contributed by atoms with Crippen LogP contribution in [-0.4, -0.2) is 67.5 Å². The van der Waals surface area contributed by atoms with Crippen molar-refractivity contribution in [3.05, 3.63) is 56.3 Å². The number of rotatable bonds is 6. The Hall–Kier alpha value is -3.04. The molecule has 0 unspecified atom stereocenters. The molecule has 1 amide bonds. The minimum absolute atomic E-state index is 0.203. The molecule has 0 aliphatic carbocycles. The molecule has 3 heterocycles. The fraction of sp³-hybridized carbons (Fsp3) is 0.435. The van der Waals surface area contributed by atoms with Crippen LogP contribution in [0.2, 0.25) is 5.02 Å². The van der Waals surface area contributed by atoms with Gasteiger partial charge in [0.15, 0.2) is 11.5 Å². The third-order valence-corrected chi connectivity index (χ3v) is 6.19. The van der Waals surface area contributed by atoms with Crippen LogP contribution in [0.3, 0.4) is 0 Å². The van der Waals surface area contributed by atoms with Crippen LogP contribution in [0.4, 0.5) is 0 Å². The molecule has 0 N–H and O–H groups in total. The minimum atomic E-state index is -0.555. The van der Waals surface area contributed by atoms with Crippen LogP contribution in [0.15, 0.2) is 40.1 Å². The Morgan fingerprint density at radius 3 is 2.36 bits per heavy atom. The van der Waals surface area contributed by atoms with Gasteiger partial charge < -0.3 is 4.90 Å². The molecule has 0 radical (unpaired) electrons. The number of carbonyl (C=O) groups excluding carboxylic acids is 1. The van der Waals surface area contributed by atoms with E-state index in [2.05, 4.69) is 21.8 Å². The zero-order valence-electron chi connectivity index (χ0n) is 18.8.